The van der Waals surface area contributed by atoms with Crippen molar-refractivity contribution >= 4 is 56.1 Å². The number of amides is 1. The predicted molar refractivity (Wildman–Crippen MR) is 127 cm³/mol. The van der Waals surface area contributed by atoms with Crippen LogP contribution in [0, 0.1) is 0 Å². The van der Waals surface area contributed by atoms with Crippen LogP contribution < -0.4 is 5.32 Å². The van der Waals surface area contributed by atoms with Crippen LogP contribution in [0.3, 0.4) is 0 Å². The molecule has 1 aliphatic rings. The summed E-state index contributed by atoms with van der Waals surface area (Å²) < 4.78 is 30.0. The third-order valence-corrected chi connectivity index (χ3v) is 8.09. The number of aromatic nitrogens is 2. The van der Waals surface area contributed by atoms with Crippen molar-refractivity contribution in [3.05, 3.63) is 59.1 Å². The lowest BCUT2D eigenvalue weighted by atomic mass is 10.2. The van der Waals surface area contributed by atoms with Crippen molar-refractivity contribution in [3.8, 4) is 0 Å². The fraction of sp³-hybridized carbons (Fsp3) is 0.318. The lowest BCUT2D eigenvalue weighted by molar-refractivity contribution is -0.146. The fourth-order valence-electron chi connectivity index (χ4n) is 3.60. The Morgan fingerprint density at radius 2 is 2.00 bits per heavy atom. The van der Waals surface area contributed by atoms with Gasteiger partial charge in [0.1, 0.15) is 0 Å². The van der Waals surface area contributed by atoms with E-state index in [4.69, 9.17) is 16.3 Å². The van der Waals surface area contributed by atoms with Crippen molar-refractivity contribution in [1.29, 1.82) is 0 Å². The first kappa shape index (κ1) is 23.6. The Balaban J connectivity index is 1.36. The highest BCUT2D eigenvalue weighted by molar-refractivity contribution is 7.99. The zero-order chi connectivity index (χ0) is 23.4. The number of benzene rings is 2. The molecule has 0 aliphatic carbocycles. The number of nitrogens with one attached hydrogen (secondary N) is 1. The number of hydrogen-bond donors (Lipinski definition) is 1. The first-order valence-corrected chi connectivity index (χ1v) is 13.5. The molecule has 4 rings (SSSR count). The molecule has 1 atom stereocenters. The van der Waals surface area contributed by atoms with Gasteiger partial charge in [0.2, 0.25) is 0 Å². The van der Waals surface area contributed by atoms with E-state index in [9.17, 15) is 18.0 Å². The van der Waals surface area contributed by atoms with Gasteiger partial charge in [-0.15, -0.1) is 0 Å². The Morgan fingerprint density at radius 3 is 2.73 bits per heavy atom. The molecule has 8 nitrogen and oxygen atoms in total. The Labute approximate surface area is 200 Å². The maximum Gasteiger partial charge on any atom is 0.316 e. The lowest BCUT2D eigenvalue weighted by Crippen LogP contribution is -2.38. The van der Waals surface area contributed by atoms with Gasteiger partial charge in [-0.3, -0.25) is 9.59 Å². The molecule has 0 saturated carbocycles. The molecule has 1 aromatic heterocycles. The minimum atomic E-state index is -3.10. The molecular formula is C22H22ClN3O5S2. The van der Waals surface area contributed by atoms with Gasteiger partial charge in [0, 0.05) is 11.1 Å². The third kappa shape index (κ3) is 6.27. The molecule has 0 radical (unpaired) electrons. The molecule has 2 heterocycles. The average molecular weight is 508 g/mol. The van der Waals surface area contributed by atoms with Crippen molar-refractivity contribution in [2.45, 2.75) is 24.2 Å². The fourth-order valence-corrected chi connectivity index (χ4v) is 6.25. The molecule has 33 heavy (non-hydrogen) atoms. The number of ether oxygens (including phenoxy) is 1. The average Bonchev–Trinajstić information content (AvgIpc) is 3.29. The Morgan fingerprint density at radius 1 is 1.21 bits per heavy atom. The van der Waals surface area contributed by atoms with Crippen molar-refractivity contribution in [1.82, 2.24) is 14.9 Å². The largest absolute Gasteiger partial charge is 0.455 e. The number of esters is 1. The number of fused-ring (bicyclic) bond motifs is 1. The number of halogens is 1. The summed E-state index contributed by atoms with van der Waals surface area (Å²) in [6.07, 6.45) is 0.375. The van der Waals surface area contributed by atoms with Gasteiger partial charge in [0.05, 0.1) is 34.8 Å². The lowest BCUT2D eigenvalue weighted by Gasteiger charge is -2.11. The highest BCUT2D eigenvalue weighted by Gasteiger charge is 2.29. The molecular weight excluding hydrogens is 486 g/mol. The highest BCUT2D eigenvalue weighted by atomic mass is 35.5. The Bertz CT molecular complexity index is 1280. The number of carbonyl (C=O) groups excluding carboxylic acids is 2. The summed E-state index contributed by atoms with van der Waals surface area (Å²) in [7, 11) is -3.10. The second kappa shape index (κ2) is 10.1. The molecule has 174 valence electrons. The van der Waals surface area contributed by atoms with Crippen molar-refractivity contribution < 1.29 is 22.7 Å². The van der Waals surface area contributed by atoms with E-state index >= 15 is 0 Å². The van der Waals surface area contributed by atoms with Crippen LogP contribution >= 0.6 is 23.4 Å². The van der Waals surface area contributed by atoms with Gasteiger partial charge in [0.15, 0.2) is 21.6 Å². The first-order valence-electron chi connectivity index (χ1n) is 10.3. The molecule has 2 aromatic carbocycles. The minimum absolute atomic E-state index is 0.0308. The molecule has 1 N–H and O–H groups in total. The van der Waals surface area contributed by atoms with E-state index in [-0.39, 0.29) is 17.3 Å². The van der Waals surface area contributed by atoms with Crippen LogP contribution in [0.25, 0.3) is 11.0 Å². The van der Waals surface area contributed by atoms with Gasteiger partial charge in [-0.05, 0) is 30.2 Å². The quantitative estimate of drug-likeness (QED) is 0.369. The second-order valence-electron chi connectivity index (χ2n) is 7.72. The molecule has 0 unspecified atom stereocenters. The van der Waals surface area contributed by atoms with Crippen LogP contribution in [-0.4, -0.2) is 59.8 Å². The molecule has 11 heteroatoms. The number of carbonyl (C=O) groups is 2. The van der Waals surface area contributed by atoms with Gasteiger partial charge in [-0.1, -0.05) is 53.7 Å². The van der Waals surface area contributed by atoms with Gasteiger partial charge in [0.25, 0.3) is 5.91 Å². The summed E-state index contributed by atoms with van der Waals surface area (Å²) in [5.74, 6) is -1.13. The van der Waals surface area contributed by atoms with E-state index in [1.807, 2.05) is 41.0 Å². The Kier molecular flexibility index (Phi) is 7.26. The van der Waals surface area contributed by atoms with E-state index in [2.05, 4.69) is 10.3 Å². The molecule has 0 bridgehead atoms. The highest BCUT2D eigenvalue weighted by Crippen LogP contribution is 2.27. The van der Waals surface area contributed by atoms with Gasteiger partial charge < -0.3 is 14.6 Å². The smallest absolute Gasteiger partial charge is 0.316 e. The summed E-state index contributed by atoms with van der Waals surface area (Å²) in [5, 5.41) is 3.80. The van der Waals surface area contributed by atoms with E-state index in [1.165, 1.54) is 11.8 Å². The summed E-state index contributed by atoms with van der Waals surface area (Å²) in [6, 6.07) is 14.9. The summed E-state index contributed by atoms with van der Waals surface area (Å²) in [5.41, 5.74) is 2.70. The maximum atomic E-state index is 12.2. The molecule has 1 saturated heterocycles. The molecule has 1 aliphatic heterocycles. The summed E-state index contributed by atoms with van der Waals surface area (Å²) in [4.78, 5) is 28.8. The van der Waals surface area contributed by atoms with Crippen molar-refractivity contribution in [3.63, 3.8) is 0 Å². The summed E-state index contributed by atoms with van der Waals surface area (Å²) >= 11 is 7.33. The van der Waals surface area contributed by atoms with E-state index in [0.29, 0.717) is 23.1 Å². The van der Waals surface area contributed by atoms with Crippen LogP contribution in [0.1, 0.15) is 12.0 Å². The van der Waals surface area contributed by atoms with Gasteiger partial charge >= 0.3 is 5.97 Å². The number of imidazole rings is 1. The Hall–Kier alpha value is -2.56. The zero-order valence-electron chi connectivity index (χ0n) is 17.6. The number of thioether (sulfide) groups is 1. The topological polar surface area (TPSA) is 107 Å². The van der Waals surface area contributed by atoms with Gasteiger partial charge in [-0.25, -0.2) is 13.4 Å². The van der Waals surface area contributed by atoms with Crippen molar-refractivity contribution in [2.75, 3.05) is 23.9 Å². The standard InChI is InChI=1S/C22H22ClN3O5S2/c23-16-6-7-19-18(10-16)25-22(26(19)11-15-4-2-1-3-5-15)32-13-21(28)31-12-20(27)24-17-8-9-33(29,30)14-17/h1-7,10,17H,8-9,11-14H2,(H,24,27)/t17-/m1/s1. The van der Waals surface area contributed by atoms with Gasteiger partial charge in [-0.2, -0.15) is 0 Å². The molecule has 1 amide bonds. The van der Waals surface area contributed by atoms with Crippen LogP contribution in [0.5, 0.6) is 0 Å². The van der Waals surface area contributed by atoms with Crippen molar-refractivity contribution in [2.24, 2.45) is 0 Å². The van der Waals surface area contributed by atoms with Crippen LogP contribution in [0.4, 0.5) is 0 Å². The van der Waals surface area contributed by atoms with E-state index < -0.39 is 34.4 Å². The summed E-state index contributed by atoms with van der Waals surface area (Å²) in [6.45, 7) is 0.120. The van der Waals surface area contributed by atoms with E-state index in [1.54, 1.807) is 12.1 Å². The molecule has 0 spiro atoms. The second-order valence-corrected chi connectivity index (χ2v) is 11.3. The third-order valence-electron chi connectivity index (χ3n) is 5.14. The van der Waals surface area contributed by atoms with Crippen LogP contribution in [0.15, 0.2) is 53.7 Å². The monoisotopic (exact) mass is 507 g/mol. The zero-order valence-corrected chi connectivity index (χ0v) is 20.0. The number of nitrogens with zero attached hydrogens (tertiary/aromatic N) is 2. The first-order chi connectivity index (χ1) is 15.8. The minimum Gasteiger partial charge on any atom is -0.455 e. The number of rotatable bonds is 8. The van der Waals surface area contributed by atoms with E-state index in [0.717, 1.165) is 16.6 Å². The van der Waals surface area contributed by atoms with Crippen LogP contribution in [0.2, 0.25) is 5.02 Å². The normalized spacial score (nSPS) is 17.2. The molecule has 1 fully saturated rings. The SMILES string of the molecule is O=C(COC(=O)CSc1nc2cc(Cl)ccc2n1Cc1ccccc1)N[C@@H]1CCS(=O)(=O)C1. The maximum absolute atomic E-state index is 12.2. The molecule has 3 aromatic rings. The number of hydrogen-bond acceptors (Lipinski definition) is 7. The number of sulfone groups is 1. The predicted octanol–water partition coefficient (Wildman–Crippen LogP) is 2.68. The van der Waals surface area contributed by atoms with Crippen LogP contribution in [-0.2, 0) is 30.7 Å².